The summed E-state index contributed by atoms with van der Waals surface area (Å²) in [7, 11) is 0. The predicted molar refractivity (Wildman–Crippen MR) is 93.2 cm³/mol. The molecule has 130 valence electrons. The molecule has 2 atom stereocenters. The third-order valence-electron chi connectivity index (χ3n) is 4.75. The quantitative estimate of drug-likeness (QED) is 0.402. The lowest BCUT2D eigenvalue weighted by atomic mass is 10.0. The Labute approximate surface area is 137 Å². The molecule has 1 saturated heterocycles. The molecule has 1 aliphatic rings. The molecule has 0 bridgehead atoms. The van der Waals surface area contributed by atoms with Crippen LogP contribution in [0.4, 0.5) is 4.79 Å². The number of alkyl carbamates (subject to hydrolysis) is 1. The van der Waals surface area contributed by atoms with E-state index in [-0.39, 0.29) is 18.2 Å². The highest BCUT2D eigenvalue weighted by Crippen LogP contribution is 2.17. The monoisotopic (exact) mass is 311 g/mol. The predicted octanol–water partition coefficient (Wildman–Crippen LogP) is 5.96. The summed E-state index contributed by atoms with van der Waals surface area (Å²) in [5.41, 5.74) is 0. The van der Waals surface area contributed by atoms with Crippen molar-refractivity contribution < 1.29 is 9.53 Å². The number of unbranched alkanes of at least 4 members (excludes halogenated alkanes) is 12. The molecule has 0 aromatic heterocycles. The number of nitrogens with one attached hydrogen (secondary N) is 1. The van der Waals surface area contributed by atoms with Crippen LogP contribution in [-0.4, -0.2) is 18.2 Å². The standard InChI is InChI=1S/C19H37NO2/c1-3-4-5-6-7-8-9-10-11-12-13-14-15-16-18-17(2)20-19(21)22-18/h17-18H,3-16H2,1-2H3,(H,20,21)/t17-,18-/m0/s1. The van der Waals surface area contributed by atoms with Gasteiger partial charge in [0.25, 0.3) is 0 Å². The van der Waals surface area contributed by atoms with Crippen molar-refractivity contribution in [1.82, 2.24) is 5.32 Å². The highest BCUT2D eigenvalue weighted by atomic mass is 16.6. The maximum Gasteiger partial charge on any atom is 0.407 e. The van der Waals surface area contributed by atoms with E-state index < -0.39 is 0 Å². The molecule has 1 fully saturated rings. The molecule has 0 saturated carbocycles. The average Bonchev–Trinajstić information content (AvgIpc) is 2.82. The van der Waals surface area contributed by atoms with Gasteiger partial charge in [0.15, 0.2) is 0 Å². The van der Waals surface area contributed by atoms with Crippen LogP contribution in [0.2, 0.25) is 0 Å². The lowest BCUT2D eigenvalue weighted by molar-refractivity contribution is 0.126. The molecule has 0 aliphatic carbocycles. The van der Waals surface area contributed by atoms with E-state index in [0.29, 0.717) is 0 Å². The van der Waals surface area contributed by atoms with Crippen LogP contribution in [0.1, 0.15) is 104 Å². The molecule has 0 spiro atoms. The van der Waals surface area contributed by atoms with E-state index in [2.05, 4.69) is 12.2 Å². The zero-order valence-electron chi connectivity index (χ0n) is 14.9. The van der Waals surface area contributed by atoms with Crippen LogP contribution in [-0.2, 0) is 4.74 Å². The summed E-state index contributed by atoms with van der Waals surface area (Å²) in [4.78, 5) is 11.1. The number of hydrogen-bond acceptors (Lipinski definition) is 2. The number of hydrogen-bond donors (Lipinski definition) is 1. The van der Waals surface area contributed by atoms with Gasteiger partial charge in [0, 0.05) is 0 Å². The van der Waals surface area contributed by atoms with Gasteiger partial charge in [-0.1, -0.05) is 84.0 Å². The topological polar surface area (TPSA) is 38.3 Å². The summed E-state index contributed by atoms with van der Waals surface area (Å²) in [6.07, 6.45) is 18.7. The molecule has 3 nitrogen and oxygen atoms in total. The second-order valence-electron chi connectivity index (χ2n) is 6.91. The maximum atomic E-state index is 11.1. The zero-order chi connectivity index (χ0) is 16.0. The summed E-state index contributed by atoms with van der Waals surface area (Å²) in [5.74, 6) is 0. The van der Waals surface area contributed by atoms with E-state index in [0.717, 1.165) is 6.42 Å². The smallest absolute Gasteiger partial charge is 0.407 e. The molecule has 1 N–H and O–H groups in total. The van der Waals surface area contributed by atoms with Crippen molar-refractivity contribution in [2.24, 2.45) is 0 Å². The maximum absolute atomic E-state index is 11.1. The minimum absolute atomic E-state index is 0.0974. The second-order valence-corrected chi connectivity index (χ2v) is 6.91. The van der Waals surface area contributed by atoms with Gasteiger partial charge in [-0.3, -0.25) is 0 Å². The SMILES string of the molecule is CCCCCCCCCCCCCCC[C@@H]1OC(=O)N[C@H]1C. The van der Waals surface area contributed by atoms with Gasteiger partial charge in [0.05, 0.1) is 6.04 Å². The molecule has 0 radical (unpaired) electrons. The van der Waals surface area contributed by atoms with Gasteiger partial charge in [0.2, 0.25) is 0 Å². The molecule has 22 heavy (non-hydrogen) atoms. The Hall–Kier alpha value is -0.730. The van der Waals surface area contributed by atoms with E-state index in [9.17, 15) is 4.79 Å². The fourth-order valence-electron chi connectivity index (χ4n) is 3.22. The first-order valence-electron chi connectivity index (χ1n) is 9.71. The molecular formula is C19H37NO2. The van der Waals surface area contributed by atoms with Crippen molar-refractivity contribution in [3.63, 3.8) is 0 Å². The largest absolute Gasteiger partial charge is 0.444 e. The minimum Gasteiger partial charge on any atom is -0.444 e. The van der Waals surface area contributed by atoms with E-state index >= 15 is 0 Å². The van der Waals surface area contributed by atoms with Gasteiger partial charge in [-0.15, -0.1) is 0 Å². The van der Waals surface area contributed by atoms with Crippen LogP contribution in [0, 0.1) is 0 Å². The van der Waals surface area contributed by atoms with E-state index in [1.807, 2.05) is 6.92 Å². The third kappa shape index (κ3) is 9.32. The minimum atomic E-state index is -0.243. The highest BCUT2D eigenvalue weighted by molar-refractivity contribution is 5.70. The summed E-state index contributed by atoms with van der Waals surface area (Å²) in [6.45, 7) is 4.30. The molecule has 3 heteroatoms. The molecule has 1 heterocycles. The van der Waals surface area contributed by atoms with Crippen LogP contribution in [0.3, 0.4) is 0 Å². The number of carbonyl (C=O) groups excluding carboxylic acids is 1. The van der Waals surface area contributed by atoms with Gasteiger partial charge in [-0.05, 0) is 19.8 Å². The van der Waals surface area contributed by atoms with Crippen LogP contribution < -0.4 is 5.32 Å². The van der Waals surface area contributed by atoms with Crippen molar-refractivity contribution in [3.8, 4) is 0 Å². The molecule has 1 amide bonds. The molecule has 0 aromatic rings. The number of cyclic esters (lactones) is 1. The van der Waals surface area contributed by atoms with E-state index in [4.69, 9.17) is 4.74 Å². The Morgan fingerprint density at radius 1 is 0.818 bits per heavy atom. The van der Waals surface area contributed by atoms with Crippen LogP contribution in [0.5, 0.6) is 0 Å². The van der Waals surface area contributed by atoms with Crippen LogP contribution in [0.25, 0.3) is 0 Å². The Morgan fingerprint density at radius 3 is 1.68 bits per heavy atom. The fraction of sp³-hybridized carbons (Fsp3) is 0.947. The van der Waals surface area contributed by atoms with E-state index in [1.165, 1.54) is 83.5 Å². The summed E-state index contributed by atoms with van der Waals surface area (Å²) >= 11 is 0. The normalized spacial score (nSPS) is 20.9. The Morgan fingerprint density at radius 2 is 1.27 bits per heavy atom. The van der Waals surface area contributed by atoms with Crippen molar-refractivity contribution in [3.05, 3.63) is 0 Å². The van der Waals surface area contributed by atoms with Crippen LogP contribution >= 0.6 is 0 Å². The van der Waals surface area contributed by atoms with Gasteiger partial charge >= 0.3 is 6.09 Å². The first-order valence-corrected chi connectivity index (χ1v) is 9.71. The van der Waals surface area contributed by atoms with Crippen molar-refractivity contribution in [2.45, 2.75) is 116 Å². The molecule has 0 aromatic carbocycles. The number of amides is 1. The summed E-state index contributed by atoms with van der Waals surface area (Å²) in [5, 5.41) is 2.80. The third-order valence-corrected chi connectivity index (χ3v) is 4.75. The molecule has 1 aliphatic heterocycles. The first-order chi connectivity index (χ1) is 10.7. The number of carbonyl (C=O) groups is 1. The first kappa shape index (κ1) is 19.3. The molecular weight excluding hydrogens is 274 g/mol. The van der Waals surface area contributed by atoms with Gasteiger partial charge in [-0.2, -0.15) is 0 Å². The highest BCUT2D eigenvalue weighted by Gasteiger charge is 2.29. The van der Waals surface area contributed by atoms with Crippen molar-refractivity contribution in [1.29, 1.82) is 0 Å². The second kappa shape index (κ2) is 12.8. The van der Waals surface area contributed by atoms with Gasteiger partial charge in [-0.25, -0.2) is 4.79 Å². The number of ether oxygens (including phenoxy) is 1. The lowest BCUT2D eigenvalue weighted by Gasteiger charge is -2.12. The van der Waals surface area contributed by atoms with Gasteiger partial charge < -0.3 is 10.1 Å². The van der Waals surface area contributed by atoms with Gasteiger partial charge in [0.1, 0.15) is 6.10 Å². The Kier molecular flexibility index (Phi) is 11.2. The number of rotatable bonds is 14. The molecule has 0 unspecified atom stereocenters. The zero-order valence-corrected chi connectivity index (χ0v) is 14.9. The lowest BCUT2D eigenvalue weighted by Crippen LogP contribution is -2.27. The fourth-order valence-corrected chi connectivity index (χ4v) is 3.22. The van der Waals surface area contributed by atoms with E-state index in [1.54, 1.807) is 0 Å². The molecule has 1 rings (SSSR count). The average molecular weight is 312 g/mol. The Bertz CT molecular complexity index is 281. The van der Waals surface area contributed by atoms with Crippen molar-refractivity contribution >= 4 is 6.09 Å². The van der Waals surface area contributed by atoms with Crippen molar-refractivity contribution in [2.75, 3.05) is 0 Å². The van der Waals surface area contributed by atoms with Crippen LogP contribution in [0.15, 0.2) is 0 Å². The Balaban J connectivity index is 1.76. The summed E-state index contributed by atoms with van der Waals surface area (Å²) in [6, 6.07) is 0.185. The summed E-state index contributed by atoms with van der Waals surface area (Å²) < 4.78 is 5.23.